The van der Waals surface area contributed by atoms with Crippen molar-refractivity contribution in [1.29, 1.82) is 0 Å². The molecule has 0 aromatic heterocycles. The van der Waals surface area contributed by atoms with Gasteiger partial charge in [-0.2, -0.15) is 16.8 Å². The summed E-state index contributed by atoms with van der Waals surface area (Å²) in [6.45, 7) is 0. The van der Waals surface area contributed by atoms with Crippen LogP contribution in [0.15, 0.2) is 30.3 Å². The smallest absolute Gasteiger partial charge is 0.399 e. The minimum absolute atomic E-state index is 0. The Morgan fingerprint density at radius 3 is 0.552 bits per heavy atom. The second kappa shape index (κ2) is 40.5. The number of nitrogens with two attached hydrogens (primary N) is 1. The van der Waals surface area contributed by atoms with Gasteiger partial charge in [0.2, 0.25) is 0 Å². The summed E-state index contributed by atoms with van der Waals surface area (Å²) in [6, 6.07) is 9.49. The highest BCUT2D eigenvalue weighted by molar-refractivity contribution is 7.83. The molecule has 0 atom stereocenters. The number of benzene rings is 1. The van der Waals surface area contributed by atoms with Crippen molar-refractivity contribution in [2.24, 2.45) is 0 Å². The molecule has 55 heteroatoms. The molecule has 67 heavy (non-hydrogen) atoms. The van der Waals surface area contributed by atoms with E-state index < -0.39 is 104 Å². The van der Waals surface area contributed by atoms with E-state index in [1.165, 1.54) is 0 Å². The Balaban J connectivity index is -0.0000000574. The largest absolute Gasteiger partial charge is 0.470 e. The van der Waals surface area contributed by atoms with Crippen molar-refractivity contribution in [3.8, 4) is 0 Å². The maximum Gasteiger partial charge on any atom is 0.470 e. The summed E-state index contributed by atoms with van der Waals surface area (Å²) in [4.78, 5) is 110. The molecule has 0 aliphatic heterocycles. The van der Waals surface area contributed by atoms with Gasteiger partial charge in [0.1, 0.15) is 36.6 Å². The summed E-state index contributed by atoms with van der Waals surface area (Å²) >= 11 is 0. The molecule has 2 rings (SSSR count). The molecule has 1 aromatic rings. The fourth-order valence-corrected chi connectivity index (χ4v) is 7.22. The standard InChI is InChI=1S/C6H7N.C6H18O24P6.14H3N.H2O8S2/c7-6-4-2-1-3-5-6;7-31(8,9)25-1-2(26-32(10,11)12)4(28-34(16,17)18)6(30-36(22,23)24)5(29-35(19,20)21)3(1)27-33(13,14)15;;;;;;;;;;;;;;;1-9(2,3)7-8-10(4,5)6/h1-5H,7H2;1-6H,(H2,7,8,9)(H2,10,11,12)(H2,13,14,15)(H2,16,17,18)(H2,19,20,21)(H2,22,23,24);14*1H3;(H,1,2,3)(H,4,5,6). The summed E-state index contributed by atoms with van der Waals surface area (Å²) in [5.41, 5.74) is 6.18. The first-order valence-corrected chi connectivity index (χ1v) is 23.6. The van der Waals surface area contributed by atoms with E-state index in [4.69, 9.17) is 73.6 Å². The molecule has 0 spiro atoms. The Morgan fingerprint density at radius 2 is 0.478 bits per heavy atom. The lowest BCUT2D eigenvalue weighted by Gasteiger charge is -2.48. The first-order valence-electron chi connectivity index (χ1n) is 11.7. The van der Waals surface area contributed by atoms with Crippen LogP contribution >= 0.6 is 46.9 Å². The third-order valence-electron chi connectivity index (χ3n) is 4.50. The number of hydrogen-bond donors (Lipinski definition) is 29. The molecule has 0 saturated heterocycles. The van der Waals surface area contributed by atoms with Gasteiger partial charge in [0, 0.05) is 5.69 Å². The minimum Gasteiger partial charge on any atom is -0.399 e. The lowest BCUT2D eigenvalue weighted by Crippen LogP contribution is -2.66. The molecule has 1 aliphatic carbocycles. The summed E-state index contributed by atoms with van der Waals surface area (Å²) in [7, 11) is -46.1. The number of phosphoric ester groups is 6. The highest BCUT2D eigenvalue weighted by Crippen LogP contribution is 2.57. The van der Waals surface area contributed by atoms with E-state index in [1.807, 2.05) is 30.3 Å². The Kier molecular flexibility index (Phi) is 64.7. The maximum atomic E-state index is 11.4. The van der Waals surface area contributed by atoms with Gasteiger partial charge in [-0.1, -0.05) is 26.9 Å². The number of phosphoric acid groups is 6. The van der Waals surface area contributed by atoms with Gasteiger partial charge < -0.3 is 151 Å². The first-order chi connectivity index (χ1) is 23.2. The van der Waals surface area contributed by atoms with Crippen LogP contribution in [0.4, 0.5) is 5.69 Å². The molecule has 0 heterocycles. The van der Waals surface area contributed by atoms with Crippen LogP contribution in [0.5, 0.6) is 0 Å². The predicted octanol–water partition coefficient (Wildman–Crippen LogP) is -1.06. The molecule has 0 radical (unpaired) electrons. The first kappa shape index (κ1) is 107. The van der Waals surface area contributed by atoms with Crippen molar-refractivity contribution in [3.63, 3.8) is 0 Å². The monoisotopic (exact) mass is 1190 g/mol. The minimum atomic E-state index is -6.02. The molecule has 0 amide bonds. The molecule has 1 aromatic carbocycles. The average molecular weight is 1190 g/mol. The second-order valence-corrected chi connectivity index (χ2v) is 17.9. The van der Waals surface area contributed by atoms with Crippen molar-refractivity contribution in [2.75, 3.05) is 5.73 Å². The Hall–Kier alpha value is -1.14. The molecular formula is C12H69N15O32P6S2. The normalized spacial score (nSPS) is 18.7. The van der Waals surface area contributed by atoms with Crippen molar-refractivity contribution in [3.05, 3.63) is 30.3 Å². The number of anilines is 1. The van der Waals surface area contributed by atoms with E-state index in [0.717, 1.165) is 5.69 Å². The lowest BCUT2D eigenvalue weighted by molar-refractivity contribution is -0.202. The fraction of sp³-hybridized carbons (Fsp3) is 0.500. The van der Waals surface area contributed by atoms with Crippen LogP contribution in [0.1, 0.15) is 0 Å². The third-order valence-corrected chi connectivity index (χ3v) is 8.17. The van der Waals surface area contributed by atoms with Gasteiger partial charge in [-0.3, -0.25) is 36.2 Å². The van der Waals surface area contributed by atoms with Crippen molar-refractivity contribution in [2.45, 2.75) is 36.6 Å². The van der Waals surface area contributed by atoms with Crippen LogP contribution in [-0.4, -0.2) is 121 Å². The van der Waals surface area contributed by atoms with Crippen LogP contribution in [-0.2, 0) is 84.0 Å². The van der Waals surface area contributed by atoms with Gasteiger partial charge in [0.05, 0.1) is 0 Å². The Labute approximate surface area is 379 Å². The highest BCUT2D eigenvalue weighted by Gasteiger charge is 2.62. The number of nitrogen functional groups attached to an aromatic ring is 1. The third kappa shape index (κ3) is 55.7. The Morgan fingerprint density at radius 1 is 0.343 bits per heavy atom. The Bertz CT molecular complexity index is 1620. The van der Waals surface area contributed by atoms with E-state index in [9.17, 15) is 44.2 Å². The number of rotatable bonds is 15. The maximum absolute atomic E-state index is 11.4. The molecular weight excluding hydrogens is 1120 g/mol. The van der Waals surface area contributed by atoms with E-state index in [1.54, 1.807) is 0 Å². The SMILES string of the molecule is N.N.N.N.N.N.N.N.N.N.N.N.N.N.Nc1ccccc1.O=P(O)(O)OC1C(OP(=O)(O)O)C(OP(=O)(O)O)C(OP(=O)(O)O)C(OP(=O)(O)O)C1OP(=O)(O)O.O=S(=O)(O)OOS(=O)(=O)O. The highest BCUT2D eigenvalue weighted by atomic mass is 32.3. The molecule has 1 aliphatic rings. The summed E-state index contributed by atoms with van der Waals surface area (Å²) in [5, 5.41) is 0. The molecule has 426 valence electrons. The van der Waals surface area contributed by atoms with Crippen LogP contribution in [0.3, 0.4) is 0 Å². The lowest BCUT2D eigenvalue weighted by atomic mass is 9.85. The molecule has 0 unspecified atom stereocenters. The summed E-state index contributed by atoms with van der Waals surface area (Å²) < 4.78 is 152. The van der Waals surface area contributed by atoms with Crippen LogP contribution in [0.2, 0.25) is 0 Å². The predicted molar refractivity (Wildman–Crippen MR) is 228 cm³/mol. The van der Waals surface area contributed by atoms with Crippen molar-refractivity contribution < 1.29 is 148 Å². The van der Waals surface area contributed by atoms with Crippen LogP contribution in [0.25, 0.3) is 0 Å². The zero-order valence-electron chi connectivity index (χ0n) is 34.4. The van der Waals surface area contributed by atoms with E-state index >= 15 is 0 Å². The van der Waals surface area contributed by atoms with Crippen LogP contribution < -0.4 is 91.8 Å². The summed E-state index contributed by atoms with van der Waals surface area (Å²) in [6.07, 6.45) is -18.9. The van der Waals surface area contributed by atoms with Gasteiger partial charge in [-0.05, 0) is 12.1 Å². The van der Waals surface area contributed by atoms with Gasteiger partial charge in [-0.15, -0.1) is 0 Å². The van der Waals surface area contributed by atoms with Gasteiger partial charge in [-0.25, -0.2) is 27.4 Å². The molecule has 0 bridgehead atoms. The zero-order chi connectivity index (χ0) is 42.2. The van der Waals surface area contributed by atoms with Gasteiger partial charge in [0.15, 0.2) is 0 Å². The zero-order valence-corrected chi connectivity index (χ0v) is 41.4. The number of para-hydroxylation sites is 1. The van der Waals surface area contributed by atoms with E-state index in [2.05, 4.69) is 35.8 Å². The molecule has 47 nitrogen and oxygen atoms in total. The quantitative estimate of drug-likeness (QED) is 0.0327. The average Bonchev–Trinajstić information content (AvgIpc) is 2.85. The van der Waals surface area contributed by atoms with E-state index in [0.29, 0.717) is 0 Å². The topological polar surface area (TPSA) is 1040 Å². The fourth-order valence-electron chi connectivity index (χ4n) is 3.32. The van der Waals surface area contributed by atoms with Gasteiger partial charge >= 0.3 is 67.7 Å². The van der Waals surface area contributed by atoms with Crippen molar-refractivity contribution >= 4 is 73.4 Å². The van der Waals surface area contributed by atoms with Crippen LogP contribution in [0, 0.1) is 0 Å². The summed E-state index contributed by atoms with van der Waals surface area (Å²) in [5.74, 6) is 0. The van der Waals surface area contributed by atoms with E-state index in [-0.39, 0.29) is 86.1 Å². The molecule has 1 saturated carbocycles. The van der Waals surface area contributed by atoms with Crippen molar-refractivity contribution in [1.82, 2.24) is 86.1 Å². The van der Waals surface area contributed by atoms with Gasteiger partial charge in [0.25, 0.3) is 0 Å². The second-order valence-electron chi connectivity index (χ2n) is 8.77. The number of hydrogen-bond acceptors (Lipinski definition) is 33. The molecule has 58 N–H and O–H groups in total. The molecule has 1 fully saturated rings.